The zero-order valence-electron chi connectivity index (χ0n) is 12.2. The van der Waals surface area contributed by atoms with E-state index >= 15 is 0 Å². The number of nitrogens with one attached hydrogen (secondary N) is 2. The van der Waals surface area contributed by atoms with Gasteiger partial charge in [-0.3, -0.25) is 9.69 Å². The molecule has 3 heterocycles. The second kappa shape index (κ2) is 5.50. The fourth-order valence-electron chi connectivity index (χ4n) is 3.99. The van der Waals surface area contributed by atoms with E-state index in [0.29, 0.717) is 6.42 Å². The maximum absolute atomic E-state index is 11.5. The number of hydrogen-bond donors (Lipinski definition) is 2. The number of carbonyl (C=O) groups is 1. The number of hydrogen-bond acceptors (Lipinski definition) is 3. The minimum Gasteiger partial charge on any atom is -0.384 e. The van der Waals surface area contributed by atoms with Crippen molar-refractivity contribution in [2.45, 2.75) is 25.8 Å². The van der Waals surface area contributed by atoms with Gasteiger partial charge in [0.2, 0.25) is 5.91 Å². The quantitative estimate of drug-likeness (QED) is 0.875. The van der Waals surface area contributed by atoms with Gasteiger partial charge in [-0.1, -0.05) is 18.2 Å². The summed E-state index contributed by atoms with van der Waals surface area (Å²) in [6, 6.07) is 6.64. The summed E-state index contributed by atoms with van der Waals surface area (Å²) in [5.41, 5.74) is 4.43. The molecule has 21 heavy (non-hydrogen) atoms. The third-order valence-corrected chi connectivity index (χ3v) is 5.04. The molecule has 3 aliphatic heterocycles. The predicted molar refractivity (Wildman–Crippen MR) is 85.8 cm³/mol. The van der Waals surface area contributed by atoms with Crippen molar-refractivity contribution in [2.75, 3.05) is 31.5 Å². The SMILES string of the molecule is Cl.O=C1CC2(CCN(Cc3cccc4c3NCC4)C2)CN1. The summed E-state index contributed by atoms with van der Waals surface area (Å²) in [6.07, 6.45) is 3.01. The van der Waals surface area contributed by atoms with E-state index in [2.05, 4.69) is 33.7 Å². The number of amides is 1. The number of benzene rings is 1. The first-order valence-electron chi connectivity index (χ1n) is 7.58. The highest BCUT2D eigenvalue weighted by Gasteiger charge is 2.43. The van der Waals surface area contributed by atoms with Crippen molar-refractivity contribution in [3.05, 3.63) is 29.3 Å². The van der Waals surface area contributed by atoms with Crippen LogP contribution in [-0.2, 0) is 17.8 Å². The molecule has 0 aromatic heterocycles. The van der Waals surface area contributed by atoms with Gasteiger partial charge in [-0.05, 0) is 30.5 Å². The smallest absolute Gasteiger partial charge is 0.220 e. The van der Waals surface area contributed by atoms with E-state index in [1.165, 1.54) is 16.8 Å². The largest absolute Gasteiger partial charge is 0.384 e. The Hall–Kier alpha value is -1.26. The minimum atomic E-state index is 0. The summed E-state index contributed by atoms with van der Waals surface area (Å²) in [5, 5.41) is 6.52. The number of fused-ring (bicyclic) bond motifs is 1. The topological polar surface area (TPSA) is 44.4 Å². The highest BCUT2D eigenvalue weighted by molar-refractivity contribution is 5.85. The first kappa shape index (κ1) is 14.7. The Bertz CT molecular complexity index is 562. The van der Waals surface area contributed by atoms with Crippen LogP contribution in [0.3, 0.4) is 0 Å². The van der Waals surface area contributed by atoms with Crippen LogP contribution >= 0.6 is 12.4 Å². The molecule has 114 valence electrons. The highest BCUT2D eigenvalue weighted by Crippen LogP contribution is 2.38. The summed E-state index contributed by atoms with van der Waals surface area (Å²) < 4.78 is 0. The van der Waals surface area contributed by atoms with Gasteiger partial charge in [-0.25, -0.2) is 0 Å². The van der Waals surface area contributed by atoms with E-state index in [0.717, 1.165) is 45.6 Å². The van der Waals surface area contributed by atoms with Crippen LogP contribution in [-0.4, -0.2) is 37.0 Å². The molecule has 1 spiro atoms. The number of para-hydroxylation sites is 1. The average Bonchev–Trinajstić information content (AvgIpc) is 3.12. The van der Waals surface area contributed by atoms with Crippen LogP contribution in [0.25, 0.3) is 0 Å². The summed E-state index contributed by atoms with van der Waals surface area (Å²) in [7, 11) is 0. The molecule has 1 atom stereocenters. The number of carbonyl (C=O) groups excluding carboxylic acids is 1. The molecule has 2 saturated heterocycles. The summed E-state index contributed by atoms with van der Waals surface area (Å²) >= 11 is 0. The second-order valence-corrected chi connectivity index (χ2v) is 6.54. The number of rotatable bonds is 2. The Labute approximate surface area is 131 Å². The Balaban J connectivity index is 0.00000132. The van der Waals surface area contributed by atoms with E-state index in [-0.39, 0.29) is 23.7 Å². The molecule has 1 amide bonds. The molecule has 3 aliphatic rings. The maximum Gasteiger partial charge on any atom is 0.220 e. The van der Waals surface area contributed by atoms with Crippen molar-refractivity contribution in [2.24, 2.45) is 5.41 Å². The summed E-state index contributed by atoms with van der Waals surface area (Å²) in [6.45, 7) is 5.10. The molecule has 2 fully saturated rings. The normalized spacial score (nSPS) is 27.3. The molecule has 0 radical (unpaired) electrons. The van der Waals surface area contributed by atoms with Crippen molar-refractivity contribution in [1.82, 2.24) is 10.2 Å². The lowest BCUT2D eigenvalue weighted by Gasteiger charge is -2.22. The van der Waals surface area contributed by atoms with Crippen LogP contribution in [0.15, 0.2) is 18.2 Å². The molecule has 0 saturated carbocycles. The summed E-state index contributed by atoms with van der Waals surface area (Å²) in [4.78, 5) is 14.0. The molecule has 5 heteroatoms. The fraction of sp³-hybridized carbons (Fsp3) is 0.562. The van der Waals surface area contributed by atoms with Crippen molar-refractivity contribution >= 4 is 24.0 Å². The number of nitrogens with zero attached hydrogens (tertiary/aromatic N) is 1. The van der Waals surface area contributed by atoms with Gasteiger partial charge in [0, 0.05) is 43.7 Å². The molecular formula is C16H22ClN3O. The van der Waals surface area contributed by atoms with Gasteiger partial charge < -0.3 is 10.6 Å². The van der Waals surface area contributed by atoms with Crippen molar-refractivity contribution in [1.29, 1.82) is 0 Å². The Morgan fingerprint density at radius 1 is 1.29 bits per heavy atom. The lowest BCUT2D eigenvalue weighted by molar-refractivity contribution is -0.119. The van der Waals surface area contributed by atoms with Crippen LogP contribution in [0, 0.1) is 5.41 Å². The van der Waals surface area contributed by atoms with Crippen LogP contribution in [0.1, 0.15) is 24.0 Å². The molecule has 2 N–H and O–H groups in total. The number of likely N-dealkylation sites (tertiary alicyclic amines) is 1. The molecule has 4 rings (SSSR count). The maximum atomic E-state index is 11.5. The van der Waals surface area contributed by atoms with Gasteiger partial charge in [-0.15, -0.1) is 12.4 Å². The van der Waals surface area contributed by atoms with Crippen molar-refractivity contribution < 1.29 is 4.79 Å². The van der Waals surface area contributed by atoms with Crippen LogP contribution in [0.2, 0.25) is 0 Å². The Kier molecular flexibility index (Phi) is 3.84. The third-order valence-electron chi connectivity index (χ3n) is 5.04. The fourth-order valence-corrected chi connectivity index (χ4v) is 3.99. The van der Waals surface area contributed by atoms with E-state index in [1.54, 1.807) is 0 Å². The second-order valence-electron chi connectivity index (χ2n) is 6.54. The molecule has 1 aromatic carbocycles. The lowest BCUT2D eigenvalue weighted by atomic mass is 9.86. The monoisotopic (exact) mass is 307 g/mol. The minimum absolute atomic E-state index is 0. The van der Waals surface area contributed by atoms with E-state index < -0.39 is 0 Å². The van der Waals surface area contributed by atoms with Crippen LogP contribution < -0.4 is 10.6 Å². The summed E-state index contributed by atoms with van der Waals surface area (Å²) in [5.74, 6) is 0.231. The van der Waals surface area contributed by atoms with Gasteiger partial charge in [0.1, 0.15) is 0 Å². The third kappa shape index (κ3) is 2.62. The van der Waals surface area contributed by atoms with E-state index in [9.17, 15) is 4.79 Å². The van der Waals surface area contributed by atoms with Gasteiger partial charge >= 0.3 is 0 Å². The Morgan fingerprint density at radius 3 is 3.00 bits per heavy atom. The van der Waals surface area contributed by atoms with Gasteiger partial charge in [-0.2, -0.15) is 0 Å². The molecular weight excluding hydrogens is 286 g/mol. The van der Waals surface area contributed by atoms with Crippen molar-refractivity contribution in [3.8, 4) is 0 Å². The highest BCUT2D eigenvalue weighted by atomic mass is 35.5. The van der Waals surface area contributed by atoms with Crippen LogP contribution in [0.4, 0.5) is 5.69 Å². The Morgan fingerprint density at radius 2 is 2.19 bits per heavy atom. The first-order valence-corrected chi connectivity index (χ1v) is 7.58. The average molecular weight is 308 g/mol. The van der Waals surface area contributed by atoms with Crippen molar-refractivity contribution in [3.63, 3.8) is 0 Å². The van der Waals surface area contributed by atoms with Gasteiger partial charge in [0.25, 0.3) is 0 Å². The molecule has 1 unspecified atom stereocenters. The van der Waals surface area contributed by atoms with Gasteiger partial charge in [0.05, 0.1) is 0 Å². The number of halogens is 1. The first-order chi connectivity index (χ1) is 9.74. The standard InChI is InChI=1S/C16H21N3O.ClH/c20-14-8-16(10-18-14)5-7-19(11-16)9-13-3-1-2-12-4-6-17-15(12)13;/h1-3,17H,4-11H2,(H,18,20);1H. The van der Waals surface area contributed by atoms with Gasteiger partial charge in [0.15, 0.2) is 0 Å². The predicted octanol–water partition coefficient (Wildman–Crippen LogP) is 1.79. The zero-order valence-corrected chi connectivity index (χ0v) is 13.0. The van der Waals surface area contributed by atoms with E-state index in [1.807, 2.05) is 0 Å². The molecule has 1 aromatic rings. The molecule has 0 aliphatic carbocycles. The number of anilines is 1. The lowest BCUT2D eigenvalue weighted by Crippen LogP contribution is -2.29. The van der Waals surface area contributed by atoms with Crippen LogP contribution in [0.5, 0.6) is 0 Å². The molecule has 4 nitrogen and oxygen atoms in total. The zero-order chi connectivity index (χ0) is 13.6. The molecule has 0 bridgehead atoms. The van der Waals surface area contributed by atoms with E-state index in [4.69, 9.17) is 0 Å².